The molecule has 0 bridgehead atoms. The smallest absolute Gasteiger partial charge is 0.147 e. The van der Waals surface area contributed by atoms with Crippen LogP contribution >= 0.6 is 11.6 Å². The van der Waals surface area contributed by atoms with E-state index in [1.54, 1.807) is 6.20 Å². The van der Waals surface area contributed by atoms with Crippen LogP contribution < -0.4 is 5.73 Å². The molecule has 0 aliphatic rings. The van der Waals surface area contributed by atoms with Gasteiger partial charge in [0.2, 0.25) is 0 Å². The molecule has 0 aliphatic carbocycles. The summed E-state index contributed by atoms with van der Waals surface area (Å²) in [5.41, 5.74) is 7.64. The van der Waals surface area contributed by atoms with Gasteiger partial charge in [0.05, 0.1) is 5.52 Å². The first-order valence-electron chi connectivity index (χ1n) is 4.57. The monoisotopic (exact) mass is 217 g/mol. The Morgan fingerprint density at radius 3 is 2.93 bits per heavy atom. The molecule has 0 atom stereocenters. The Labute approximate surface area is 90.9 Å². The van der Waals surface area contributed by atoms with E-state index >= 15 is 0 Å². The van der Waals surface area contributed by atoms with Gasteiger partial charge in [-0.2, -0.15) is 0 Å². The highest BCUT2D eigenvalue weighted by Crippen LogP contribution is 2.29. The van der Waals surface area contributed by atoms with Crippen LogP contribution in [0.5, 0.6) is 0 Å². The van der Waals surface area contributed by atoms with E-state index in [-0.39, 0.29) is 0 Å². The van der Waals surface area contributed by atoms with Crippen molar-refractivity contribution in [1.82, 2.24) is 9.97 Å². The predicted molar refractivity (Wildman–Crippen MR) is 63.0 cm³/mol. The summed E-state index contributed by atoms with van der Waals surface area (Å²) in [6.07, 6.45) is 1.71. The molecule has 1 aromatic carbocycles. The highest BCUT2D eigenvalue weighted by Gasteiger charge is 2.06. The number of benzene rings is 1. The minimum atomic E-state index is 0.514. The SMILES string of the molecule is Nc1nccc2c1[nH]c1cc(Cl)ccc12. The second kappa shape index (κ2) is 2.87. The largest absolute Gasteiger partial charge is 0.382 e. The van der Waals surface area contributed by atoms with Gasteiger partial charge < -0.3 is 10.7 Å². The molecule has 0 aliphatic heterocycles. The molecule has 0 unspecified atom stereocenters. The summed E-state index contributed by atoms with van der Waals surface area (Å²) in [6.45, 7) is 0. The number of aromatic amines is 1. The molecule has 15 heavy (non-hydrogen) atoms. The average Bonchev–Trinajstić information content (AvgIpc) is 2.57. The molecule has 0 saturated heterocycles. The van der Waals surface area contributed by atoms with Crippen molar-refractivity contribution in [3.05, 3.63) is 35.5 Å². The van der Waals surface area contributed by atoms with Crippen molar-refractivity contribution in [3.63, 3.8) is 0 Å². The van der Waals surface area contributed by atoms with E-state index in [0.717, 1.165) is 21.8 Å². The minimum Gasteiger partial charge on any atom is -0.382 e. The summed E-state index contributed by atoms with van der Waals surface area (Å²) in [5, 5.41) is 2.90. The summed E-state index contributed by atoms with van der Waals surface area (Å²) in [7, 11) is 0. The quantitative estimate of drug-likeness (QED) is 0.608. The van der Waals surface area contributed by atoms with Gasteiger partial charge >= 0.3 is 0 Å². The molecule has 3 rings (SSSR count). The first kappa shape index (κ1) is 8.56. The first-order valence-corrected chi connectivity index (χ1v) is 4.95. The maximum atomic E-state index is 5.92. The fourth-order valence-electron chi connectivity index (χ4n) is 1.82. The number of aromatic nitrogens is 2. The van der Waals surface area contributed by atoms with Crippen LogP contribution in [-0.2, 0) is 0 Å². The molecule has 0 spiro atoms. The Bertz CT molecular complexity index is 657. The lowest BCUT2D eigenvalue weighted by Crippen LogP contribution is -1.89. The number of halogens is 1. The third-order valence-corrected chi connectivity index (χ3v) is 2.75. The van der Waals surface area contributed by atoms with Gasteiger partial charge in [0.1, 0.15) is 5.82 Å². The number of fused-ring (bicyclic) bond motifs is 3. The number of nitrogen functional groups attached to an aromatic ring is 1. The zero-order valence-corrected chi connectivity index (χ0v) is 8.55. The molecule has 2 aromatic heterocycles. The van der Waals surface area contributed by atoms with E-state index in [2.05, 4.69) is 9.97 Å². The third kappa shape index (κ3) is 1.17. The lowest BCUT2D eigenvalue weighted by molar-refractivity contribution is 1.35. The first-order chi connectivity index (χ1) is 7.25. The van der Waals surface area contributed by atoms with Crippen LogP contribution in [0.15, 0.2) is 30.5 Å². The van der Waals surface area contributed by atoms with Crippen LogP contribution in [0.1, 0.15) is 0 Å². The van der Waals surface area contributed by atoms with Gasteiger partial charge in [0.25, 0.3) is 0 Å². The molecule has 3 nitrogen and oxygen atoms in total. The lowest BCUT2D eigenvalue weighted by Gasteiger charge is -1.93. The molecule has 4 heteroatoms. The van der Waals surface area contributed by atoms with Gasteiger partial charge in [-0.25, -0.2) is 4.98 Å². The normalized spacial score (nSPS) is 11.3. The number of rotatable bonds is 0. The molecule has 0 amide bonds. The number of nitrogens with zero attached hydrogens (tertiary/aromatic N) is 1. The molecule has 0 saturated carbocycles. The van der Waals surface area contributed by atoms with E-state index in [9.17, 15) is 0 Å². The van der Waals surface area contributed by atoms with Gasteiger partial charge in [0, 0.05) is 27.5 Å². The fraction of sp³-hybridized carbons (Fsp3) is 0. The predicted octanol–water partition coefficient (Wildman–Crippen LogP) is 2.95. The van der Waals surface area contributed by atoms with E-state index in [1.165, 1.54) is 0 Å². The topological polar surface area (TPSA) is 54.7 Å². The summed E-state index contributed by atoms with van der Waals surface area (Å²) >= 11 is 5.92. The number of pyridine rings is 1. The minimum absolute atomic E-state index is 0.514. The highest BCUT2D eigenvalue weighted by molar-refractivity contribution is 6.31. The Hall–Kier alpha value is -1.74. The second-order valence-electron chi connectivity index (χ2n) is 3.43. The van der Waals surface area contributed by atoms with Gasteiger partial charge in [-0.15, -0.1) is 0 Å². The summed E-state index contributed by atoms with van der Waals surface area (Å²) in [6, 6.07) is 7.68. The summed E-state index contributed by atoms with van der Waals surface area (Å²) in [5.74, 6) is 0.514. The van der Waals surface area contributed by atoms with Crippen molar-refractivity contribution in [2.75, 3.05) is 5.73 Å². The van der Waals surface area contributed by atoms with Crippen molar-refractivity contribution < 1.29 is 0 Å². The zero-order valence-electron chi connectivity index (χ0n) is 7.79. The van der Waals surface area contributed by atoms with Crippen LogP contribution in [0.2, 0.25) is 5.02 Å². The van der Waals surface area contributed by atoms with Gasteiger partial charge in [-0.05, 0) is 18.2 Å². The fourth-order valence-corrected chi connectivity index (χ4v) is 2.00. The van der Waals surface area contributed by atoms with Crippen molar-refractivity contribution in [2.45, 2.75) is 0 Å². The van der Waals surface area contributed by atoms with Crippen LogP contribution in [0.25, 0.3) is 21.8 Å². The Morgan fingerprint density at radius 2 is 2.07 bits per heavy atom. The third-order valence-electron chi connectivity index (χ3n) is 2.51. The van der Waals surface area contributed by atoms with Crippen molar-refractivity contribution in [3.8, 4) is 0 Å². The zero-order chi connectivity index (χ0) is 10.4. The molecule has 3 N–H and O–H groups in total. The van der Waals surface area contributed by atoms with Crippen LogP contribution in [-0.4, -0.2) is 9.97 Å². The lowest BCUT2D eigenvalue weighted by atomic mass is 10.2. The second-order valence-corrected chi connectivity index (χ2v) is 3.87. The number of hydrogen-bond acceptors (Lipinski definition) is 2. The summed E-state index contributed by atoms with van der Waals surface area (Å²) < 4.78 is 0. The molecule has 3 aromatic rings. The Balaban J connectivity index is 2.57. The molecule has 0 radical (unpaired) electrons. The van der Waals surface area contributed by atoms with E-state index in [0.29, 0.717) is 10.8 Å². The van der Waals surface area contributed by atoms with E-state index < -0.39 is 0 Å². The number of H-pyrrole nitrogens is 1. The maximum absolute atomic E-state index is 5.92. The maximum Gasteiger partial charge on any atom is 0.147 e. The van der Waals surface area contributed by atoms with Gasteiger partial charge in [-0.3, -0.25) is 0 Å². The van der Waals surface area contributed by atoms with Crippen molar-refractivity contribution in [2.24, 2.45) is 0 Å². The van der Waals surface area contributed by atoms with Crippen LogP contribution in [0, 0.1) is 0 Å². The van der Waals surface area contributed by atoms with Crippen molar-refractivity contribution in [1.29, 1.82) is 0 Å². The highest BCUT2D eigenvalue weighted by atomic mass is 35.5. The number of anilines is 1. The standard InChI is InChI=1S/C11H8ClN3/c12-6-1-2-7-8-3-4-14-11(13)10(8)15-9(7)5-6/h1-5,15H,(H2,13,14). The summed E-state index contributed by atoms with van der Waals surface area (Å²) in [4.78, 5) is 7.25. The van der Waals surface area contributed by atoms with E-state index in [4.69, 9.17) is 17.3 Å². The van der Waals surface area contributed by atoms with E-state index in [1.807, 2.05) is 24.3 Å². The molecule has 0 fully saturated rings. The Morgan fingerprint density at radius 1 is 1.20 bits per heavy atom. The number of nitrogens with one attached hydrogen (secondary N) is 1. The number of hydrogen-bond donors (Lipinski definition) is 2. The average molecular weight is 218 g/mol. The van der Waals surface area contributed by atoms with Crippen LogP contribution in [0.4, 0.5) is 5.82 Å². The molecular formula is C11H8ClN3. The number of nitrogens with two attached hydrogens (primary N) is 1. The van der Waals surface area contributed by atoms with Gasteiger partial charge in [0.15, 0.2) is 0 Å². The Kier molecular flexibility index (Phi) is 1.64. The molecule has 2 heterocycles. The van der Waals surface area contributed by atoms with Crippen LogP contribution in [0.3, 0.4) is 0 Å². The molecule has 74 valence electrons. The van der Waals surface area contributed by atoms with Gasteiger partial charge in [-0.1, -0.05) is 17.7 Å². The van der Waals surface area contributed by atoms with Crippen molar-refractivity contribution >= 4 is 39.2 Å². The molecular weight excluding hydrogens is 210 g/mol.